The van der Waals surface area contributed by atoms with Crippen molar-refractivity contribution in [2.45, 2.75) is 0 Å². The van der Waals surface area contributed by atoms with Crippen molar-refractivity contribution >= 4 is 39.2 Å². The second-order valence-corrected chi connectivity index (χ2v) is 5.11. The molecule has 5 heteroatoms. The standard InChI is InChI=1S/C10H8BBrO2S/c12-8-3-1-7(2-4-8)9-5-6-10(15-9)11(13)14/h1-6,13-14H. The van der Waals surface area contributed by atoms with Gasteiger partial charge in [0.15, 0.2) is 0 Å². The Morgan fingerprint density at radius 2 is 1.67 bits per heavy atom. The molecular weight excluding hydrogens is 275 g/mol. The third kappa shape index (κ3) is 2.49. The molecule has 0 amide bonds. The molecule has 0 bridgehead atoms. The number of rotatable bonds is 2. The lowest BCUT2D eigenvalue weighted by atomic mass is 9.90. The molecule has 0 unspecified atom stereocenters. The zero-order valence-electron chi connectivity index (χ0n) is 7.72. The lowest BCUT2D eigenvalue weighted by Crippen LogP contribution is -2.26. The van der Waals surface area contributed by atoms with E-state index in [-0.39, 0.29) is 0 Å². The highest BCUT2D eigenvalue weighted by Crippen LogP contribution is 2.25. The smallest absolute Gasteiger partial charge is 0.423 e. The van der Waals surface area contributed by atoms with Crippen molar-refractivity contribution in [2.75, 3.05) is 0 Å². The van der Waals surface area contributed by atoms with Crippen molar-refractivity contribution < 1.29 is 10.0 Å². The fourth-order valence-electron chi connectivity index (χ4n) is 1.26. The number of benzene rings is 1. The van der Waals surface area contributed by atoms with E-state index in [9.17, 15) is 0 Å². The van der Waals surface area contributed by atoms with Crippen LogP contribution in [0.25, 0.3) is 10.4 Å². The summed E-state index contributed by atoms with van der Waals surface area (Å²) in [5.41, 5.74) is 1.08. The van der Waals surface area contributed by atoms with E-state index in [0.717, 1.165) is 14.9 Å². The van der Waals surface area contributed by atoms with E-state index < -0.39 is 7.12 Å². The van der Waals surface area contributed by atoms with Gasteiger partial charge >= 0.3 is 7.12 Å². The molecule has 0 aliphatic rings. The van der Waals surface area contributed by atoms with E-state index >= 15 is 0 Å². The van der Waals surface area contributed by atoms with Gasteiger partial charge in [-0.3, -0.25) is 0 Å². The molecule has 2 nitrogen and oxygen atoms in total. The Morgan fingerprint density at radius 3 is 2.20 bits per heavy atom. The third-order valence-electron chi connectivity index (χ3n) is 2.01. The summed E-state index contributed by atoms with van der Waals surface area (Å²) in [6, 6.07) is 11.5. The Labute approximate surface area is 100 Å². The SMILES string of the molecule is OB(O)c1ccc(-c2ccc(Br)cc2)s1. The van der Waals surface area contributed by atoms with Crippen molar-refractivity contribution in [1.29, 1.82) is 0 Å². The second kappa shape index (κ2) is 4.49. The van der Waals surface area contributed by atoms with Gasteiger partial charge in [-0.15, -0.1) is 11.3 Å². The van der Waals surface area contributed by atoms with Crippen molar-refractivity contribution in [3.05, 3.63) is 40.9 Å². The van der Waals surface area contributed by atoms with Crippen LogP contribution in [0.5, 0.6) is 0 Å². The van der Waals surface area contributed by atoms with Crippen LogP contribution in [0.2, 0.25) is 0 Å². The summed E-state index contributed by atoms with van der Waals surface area (Å²) in [5.74, 6) is 0. The highest BCUT2D eigenvalue weighted by molar-refractivity contribution is 9.10. The first kappa shape index (κ1) is 10.9. The lowest BCUT2D eigenvalue weighted by molar-refractivity contribution is 0.427. The minimum atomic E-state index is -1.38. The molecule has 0 aliphatic heterocycles. The Morgan fingerprint density at radius 1 is 1.00 bits per heavy atom. The molecule has 0 radical (unpaired) electrons. The van der Waals surface area contributed by atoms with Gasteiger partial charge in [0.2, 0.25) is 0 Å². The van der Waals surface area contributed by atoms with Crippen LogP contribution in [0.3, 0.4) is 0 Å². The van der Waals surface area contributed by atoms with Gasteiger partial charge in [-0.1, -0.05) is 34.1 Å². The minimum absolute atomic E-state index is 0.563. The van der Waals surface area contributed by atoms with Crippen LogP contribution in [0.1, 0.15) is 0 Å². The van der Waals surface area contributed by atoms with Gasteiger partial charge in [0.05, 0.1) is 0 Å². The molecule has 0 atom stereocenters. The molecular formula is C10H8BBrO2S. The normalized spacial score (nSPS) is 10.3. The highest BCUT2D eigenvalue weighted by Gasteiger charge is 2.13. The summed E-state index contributed by atoms with van der Waals surface area (Å²) < 4.78 is 1.60. The topological polar surface area (TPSA) is 40.5 Å². The highest BCUT2D eigenvalue weighted by atomic mass is 79.9. The summed E-state index contributed by atoms with van der Waals surface area (Å²) in [5, 5.41) is 18.0. The van der Waals surface area contributed by atoms with Crippen LogP contribution in [0, 0.1) is 0 Å². The maximum Gasteiger partial charge on any atom is 0.499 e. The molecule has 0 aliphatic carbocycles. The van der Waals surface area contributed by atoms with Crippen molar-refractivity contribution in [3.63, 3.8) is 0 Å². The molecule has 0 spiro atoms. The zero-order valence-corrected chi connectivity index (χ0v) is 10.1. The molecule has 0 saturated carbocycles. The Bertz CT molecular complexity index is 453. The zero-order chi connectivity index (χ0) is 10.8. The molecule has 76 valence electrons. The van der Waals surface area contributed by atoms with E-state index in [1.165, 1.54) is 11.3 Å². The summed E-state index contributed by atoms with van der Waals surface area (Å²) in [6.45, 7) is 0. The fourth-order valence-corrected chi connectivity index (χ4v) is 2.41. The van der Waals surface area contributed by atoms with E-state index in [1.807, 2.05) is 30.3 Å². The van der Waals surface area contributed by atoms with Gasteiger partial charge in [0.1, 0.15) is 0 Å². The Kier molecular flexibility index (Phi) is 3.26. The predicted octanol–water partition coefficient (Wildman–Crippen LogP) is 1.86. The second-order valence-electron chi connectivity index (χ2n) is 3.08. The average molecular weight is 283 g/mol. The molecule has 0 fully saturated rings. The number of hydrogen-bond acceptors (Lipinski definition) is 3. The summed E-state index contributed by atoms with van der Waals surface area (Å²) >= 11 is 4.75. The maximum absolute atomic E-state index is 8.99. The predicted molar refractivity (Wildman–Crippen MR) is 67.3 cm³/mol. The van der Waals surface area contributed by atoms with Crippen LogP contribution in [0.4, 0.5) is 0 Å². The maximum atomic E-state index is 8.99. The number of halogens is 1. The first-order valence-electron chi connectivity index (χ1n) is 4.38. The van der Waals surface area contributed by atoms with Gasteiger partial charge in [-0.2, -0.15) is 0 Å². The molecule has 15 heavy (non-hydrogen) atoms. The van der Waals surface area contributed by atoms with Gasteiger partial charge in [0, 0.05) is 14.1 Å². The molecule has 1 heterocycles. The van der Waals surface area contributed by atoms with Crippen LogP contribution in [-0.4, -0.2) is 17.2 Å². The monoisotopic (exact) mass is 282 g/mol. The van der Waals surface area contributed by atoms with Crippen molar-refractivity contribution in [3.8, 4) is 10.4 Å². The summed E-state index contributed by atoms with van der Waals surface area (Å²) in [6.07, 6.45) is 0. The van der Waals surface area contributed by atoms with Gasteiger partial charge in [-0.25, -0.2) is 0 Å². The minimum Gasteiger partial charge on any atom is -0.423 e. The lowest BCUT2D eigenvalue weighted by Gasteiger charge is -1.97. The number of thiophene rings is 1. The summed E-state index contributed by atoms with van der Waals surface area (Å²) in [7, 11) is -1.38. The molecule has 1 aromatic heterocycles. The quantitative estimate of drug-likeness (QED) is 0.826. The molecule has 2 N–H and O–H groups in total. The van der Waals surface area contributed by atoms with Crippen LogP contribution in [-0.2, 0) is 0 Å². The van der Waals surface area contributed by atoms with Crippen LogP contribution < -0.4 is 4.78 Å². The van der Waals surface area contributed by atoms with Crippen LogP contribution >= 0.6 is 27.3 Å². The Balaban J connectivity index is 2.33. The molecule has 1 aromatic carbocycles. The van der Waals surface area contributed by atoms with E-state index in [4.69, 9.17) is 10.0 Å². The third-order valence-corrected chi connectivity index (χ3v) is 3.71. The molecule has 2 aromatic rings. The van der Waals surface area contributed by atoms with Gasteiger partial charge in [-0.05, 0) is 23.8 Å². The van der Waals surface area contributed by atoms with Crippen molar-refractivity contribution in [2.24, 2.45) is 0 Å². The first-order chi connectivity index (χ1) is 7.16. The molecule has 0 saturated heterocycles. The first-order valence-corrected chi connectivity index (χ1v) is 5.99. The van der Waals surface area contributed by atoms with E-state index in [1.54, 1.807) is 6.07 Å². The van der Waals surface area contributed by atoms with E-state index in [0.29, 0.717) is 4.78 Å². The molecule has 2 rings (SSSR count). The van der Waals surface area contributed by atoms with Gasteiger partial charge < -0.3 is 10.0 Å². The Hall–Kier alpha value is -0.615. The van der Waals surface area contributed by atoms with Crippen molar-refractivity contribution in [1.82, 2.24) is 0 Å². The fraction of sp³-hybridized carbons (Fsp3) is 0. The largest absolute Gasteiger partial charge is 0.499 e. The van der Waals surface area contributed by atoms with Gasteiger partial charge in [0.25, 0.3) is 0 Å². The summed E-state index contributed by atoms with van der Waals surface area (Å²) in [4.78, 5) is 1.03. The van der Waals surface area contributed by atoms with E-state index in [2.05, 4.69) is 15.9 Å². The van der Waals surface area contributed by atoms with Crippen LogP contribution in [0.15, 0.2) is 40.9 Å². The number of hydrogen-bond donors (Lipinski definition) is 2. The average Bonchev–Trinajstić information content (AvgIpc) is 2.68.